The van der Waals surface area contributed by atoms with Crippen LogP contribution in [0.15, 0.2) is 24.3 Å². The van der Waals surface area contributed by atoms with Crippen LogP contribution >= 0.6 is 0 Å². The summed E-state index contributed by atoms with van der Waals surface area (Å²) in [6, 6.07) is 0. The maximum Gasteiger partial charge on any atom is 0.0556 e. The van der Waals surface area contributed by atoms with E-state index >= 15 is 0 Å². The molecule has 0 amide bonds. The lowest BCUT2D eigenvalue weighted by Gasteiger charge is -2.22. The molecule has 0 aromatic rings. The molecule has 0 radical (unpaired) electrons. The number of aliphatic hydroxyl groups excluding tert-OH is 1. The maximum absolute atomic E-state index is 9.23. The summed E-state index contributed by atoms with van der Waals surface area (Å²) in [7, 11) is 0. The molecular formula is C11H20O. The molecule has 0 aromatic carbocycles. The molecule has 0 heterocycles. The van der Waals surface area contributed by atoms with Crippen molar-refractivity contribution in [2.45, 2.75) is 33.6 Å². The second kappa shape index (κ2) is 6.01. The second-order valence-electron chi connectivity index (χ2n) is 3.06. The molecule has 1 unspecified atom stereocenters. The summed E-state index contributed by atoms with van der Waals surface area (Å²) >= 11 is 0. The van der Waals surface area contributed by atoms with Crippen LogP contribution in [0.3, 0.4) is 0 Å². The molecule has 0 bridgehead atoms. The zero-order valence-electron chi connectivity index (χ0n) is 8.38. The highest BCUT2D eigenvalue weighted by atomic mass is 16.3. The van der Waals surface area contributed by atoms with Gasteiger partial charge in [-0.25, -0.2) is 0 Å². The Kier molecular flexibility index (Phi) is 5.73. The van der Waals surface area contributed by atoms with Crippen molar-refractivity contribution in [2.75, 3.05) is 6.61 Å². The third-order valence-corrected chi connectivity index (χ3v) is 2.14. The fourth-order valence-electron chi connectivity index (χ4n) is 1.19. The number of aliphatic hydroxyl groups is 1. The quantitative estimate of drug-likeness (QED) is 0.626. The Balaban J connectivity index is 4.45. The Morgan fingerprint density at radius 1 is 1.25 bits per heavy atom. The van der Waals surface area contributed by atoms with Crippen LogP contribution < -0.4 is 0 Å². The number of allylic oxidation sites excluding steroid dienone is 2. The topological polar surface area (TPSA) is 20.2 Å². The van der Waals surface area contributed by atoms with Crippen molar-refractivity contribution in [3.05, 3.63) is 24.3 Å². The van der Waals surface area contributed by atoms with Gasteiger partial charge in [0.15, 0.2) is 0 Å². The predicted octanol–water partition coefficient (Wildman–Crippen LogP) is 2.92. The van der Waals surface area contributed by atoms with Crippen molar-refractivity contribution >= 4 is 0 Å². The van der Waals surface area contributed by atoms with Crippen LogP contribution in [0.1, 0.15) is 33.6 Å². The van der Waals surface area contributed by atoms with E-state index in [-0.39, 0.29) is 12.0 Å². The molecule has 1 atom stereocenters. The van der Waals surface area contributed by atoms with Crippen molar-refractivity contribution < 1.29 is 5.11 Å². The monoisotopic (exact) mass is 168 g/mol. The molecule has 0 saturated heterocycles. The van der Waals surface area contributed by atoms with Gasteiger partial charge < -0.3 is 5.11 Å². The van der Waals surface area contributed by atoms with Crippen molar-refractivity contribution in [1.29, 1.82) is 0 Å². The number of rotatable bonds is 5. The average molecular weight is 168 g/mol. The Morgan fingerprint density at radius 3 is 2.25 bits per heavy atom. The van der Waals surface area contributed by atoms with Gasteiger partial charge in [0.1, 0.15) is 0 Å². The summed E-state index contributed by atoms with van der Waals surface area (Å²) in [6.07, 6.45) is 10.3. The smallest absolute Gasteiger partial charge is 0.0556 e. The molecule has 0 fully saturated rings. The van der Waals surface area contributed by atoms with Crippen LogP contribution in [-0.2, 0) is 0 Å². The Bertz CT molecular complexity index is 152. The van der Waals surface area contributed by atoms with Gasteiger partial charge in [0.25, 0.3) is 0 Å². The first-order valence-electron chi connectivity index (χ1n) is 4.67. The first-order valence-corrected chi connectivity index (χ1v) is 4.67. The normalized spacial score (nSPS) is 17.3. The van der Waals surface area contributed by atoms with Gasteiger partial charge in [0.05, 0.1) is 6.61 Å². The van der Waals surface area contributed by atoms with E-state index in [0.717, 1.165) is 12.8 Å². The van der Waals surface area contributed by atoms with Gasteiger partial charge in [-0.1, -0.05) is 38.2 Å². The third-order valence-electron chi connectivity index (χ3n) is 2.14. The molecule has 1 nitrogen and oxygen atoms in total. The van der Waals surface area contributed by atoms with Gasteiger partial charge in [0.2, 0.25) is 0 Å². The maximum atomic E-state index is 9.23. The van der Waals surface area contributed by atoms with Crippen molar-refractivity contribution in [3.8, 4) is 0 Å². The van der Waals surface area contributed by atoms with E-state index in [2.05, 4.69) is 32.1 Å². The Labute approximate surface area is 75.8 Å². The molecule has 1 heteroatoms. The predicted molar refractivity (Wildman–Crippen MR) is 54.1 cm³/mol. The van der Waals surface area contributed by atoms with E-state index < -0.39 is 0 Å². The fourth-order valence-corrected chi connectivity index (χ4v) is 1.19. The van der Waals surface area contributed by atoms with Gasteiger partial charge in [-0.15, -0.1) is 0 Å². The molecular weight excluding hydrogens is 148 g/mol. The van der Waals surface area contributed by atoms with Crippen LogP contribution in [0, 0.1) is 5.41 Å². The third kappa shape index (κ3) is 3.22. The van der Waals surface area contributed by atoms with E-state index in [0.29, 0.717) is 0 Å². The van der Waals surface area contributed by atoms with Gasteiger partial charge >= 0.3 is 0 Å². The van der Waals surface area contributed by atoms with E-state index in [1.807, 2.05) is 13.0 Å². The molecule has 12 heavy (non-hydrogen) atoms. The standard InChI is InChI=1S/C11H20O/c1-4-7-9-11(6-3,10-12)8-5-2/h5,7-9,12H,4,6,10H2,1-3H3. The molecule has 1 N–H and O–H groups in total. The van der Waals surface area contributed by atoms with Crippen molar-refractivity contribution in [2.24, 2.45) is 5.41 Å². The minimum absolute atomic E-state index is 0.120. The summed E-state index contributed by atoms with van der Waals surface area (Å²) < 4.78 is 0. The summed E-state index contributed by atoms with van der Waals surface area (Å²) in [4.78, 5) is 0. The molecule has 0 aliphatic rings. The zero-order valence-corrected chi connectivity index (χ0v) is 8.38. The Morgan fingerprint density at radius 2 is 1.92 bits per heavy atom. The van der Waals surface area contributed by atoms with Crippen LogP contribution in [0.5, 0.6) is 0 Å². The minimum atomic E-state index is -0.120. The first-order chi connectivity index (χ1) is 5.74. The summed E-state index contributed by atoms with van der Waals surface area (Å²) in [5.41, 5.74) is -0.120. The zero-order chi connectivity index (χ0) is 9.45. The van der Waals surface area contributed by atoms with Gasteiger partial charge in [0, 0.05) is 5.41 Å². The van der Waals surface area contributed by atoms with Gasteiger partial charge in [-0.3, -0.25) is 0 Å². The number of hydrogen-bond donors (Lipinski definition) is 1. The summed E-state index contributed by atoms with van der Waals surface area (Å²) in [5.74, 6) is 0. The molecule has 0 rings (SSSR count). The lowest BCUT2D eigenvalue weighted by molar-refractivity contribution is 0.202. The minimum Gasteiger partial charge on any atom is -0.395 e. The first kappa shape index (κ1) is 11.4. The fraction of sp³-hybridized carbons (Fsp3) is 0.636. The van der Waals surface area contributed by atoms with Gasteiger partial charge in [-0.05, 0) is 19.8 Å². The molecule has 0 aliphatic heterocycles. The molecule has 0 aliphatic carbocycles. The highest BCUT2D eigenvalue weighted by Gasteiger charge is 2.19. The van der Waals surface area contributed by atoms with E-state index in [9.17, 15) is 5.11 Å². The SMILES string of the molecule is CC=CC(C=CCC)(CC)CO. The van der Waals surface area contributed by atoms with Crippen molar-refractivity contribution in [1.82, 2.24) is 0 Å². The number of hydrogen-bond acceptors (Lipinski definition) is 1. The van der Waals surface area contributed by atoms with Crippen LogP contribution in [0.4, 0.5) is 0 Å². The van der Waals surface area contributed by atoms with Crippen LogP contribution in [-0.4, -0.2) is 11.7 Å². The largest absolute Gasteiger partial charge is 0.395 e. The van der Waals surface area contributed by atoms with Crippen molar-refractivity contribution in [3.63, 3.8) is 0 Å². The Hall–Kier alpha value is -0.560. The molecule has 70 valence electrons. The van der Waals surface area contributed by atoms with Crippen LogP contribution in [0.2, 0.25) is 0 Å². The lowest BCUT2D eigenvalue weighted by atomic mass is 9.85. The average Bonchev–Trinajstić information content (AvgIpc) is 2.13. The van der Waals surface area contributed by atoms with Gasteiger partial charge in [-0.2, -0.15) is 0 Å². The lowest BCUT2D eigenvalue weighted by Crippen LogP contribution is -2.18. The van der Waals surface area contributed by atoms with E-state index in [1.54, 1.807) is 0 Å². The van der Waals surface area contributed by atoms with E-state index in [4.69, 9.17) is 0 Å². The summed E-state index contributed by atoms with van der Waals surface area (Å²) in [6.45, 7) is 6.38. The second-order valence-corrected chi connectivity index (χ2v) is 3.06. The van der Waals surface area contributed by atoms with Crippen LogP contribution in [0.25, 0.3) is 0 Å². The summed E-state index contributed by atoms with van der Waals surface area (Å²) in [5, 5.41) is 9.23. The highest BCUT2D eigenvalue weighted by molar-refractivity contribution is 5.10. The van der Waals surface area contributed by atoms with E-state index in [1.165, 1.54) is 0 Å². The molecule has 0 spiro atoms. The molecule has 0 saturated carbocycles. The highest BCUT2D eigenvalue weighted by Crippen LogP contribution is 2.25. The molecule has 0 aromatic heterocycles.